The monoisotopic (exact) mass is 283 g/mol. The molecule has 0 aliphatic rings. The van der Waals surface area contributed by atoms with Crippen LogP contribution in [0.1, 0.15) is 11.3 Å². The van der Waals surface area contributed by atoms with Gasteiger partial charge in [0.2, 0.25) is 0 Å². The van der Waals surface area contributed by atoms with Gasteiger partial charge in [0.05, 0.1) is 16.3 Å². The molecule has 0 radical (unpaired) electrons. The number of anilines is 1. The van der Waals surface area contributed by atoms with Crippen molar-refractivity contribution in [2.75, 3.05) is 5.32 Å². The molecule has 0 bridgehead atoms. The standard InChI is InChI=1S/C11H10ClN3O2S/c1-7-9(2-3-10(12)14-7)13-5-8-4-11(15(16)17)18-6-8/h2-4,6,13H,5H2,1H3. The molecule has 2 aromatic rings. The summed E-state index contributed by atoms with van der Waals surface area (Å²) in [7, 11) is 0. The van der Waals surface area contributed by atoms with Crippen LogP contribution in [0, 0.1) is 17.0 Å². The average molecular weight is 284 g/mol. The number of halogens is 1. The Morgan fingerprint density at radius 3 is 2.94 bits per heavy atom. The first kappa shape index (κ1) is 12.8. The van der Waals surface area contributed by atoms with Crippen LogP contribution in [-0.4, -0.2) is 9.91 Å². The van der Waals surface area contributed by atoms with Gasteiger partial charge in [-0.15, -0.1) is 0 Å². The lowest BCUT2D eigenvalue weighted by Crippen LogP contribution is -2.01. The van der Waals surface area contributed by atoms with E-state index in [1.807, 2.05) is 13.0 Å². The molecule has 0 aliphatic carbocycles. The molecule has 0 amide bonds. The molecule has 1 N–H and O–H groups in total. The number of nitro groups is 1. The number of aromatic nitrogens is 1. The SMILES string of the molecule is Cc1nc(Cl)ccc1NCc1csc([N+](=O)[O-])c1. The Kier molecular flexibility index (Phi) is 3.78. The van der Waals surface area contributed by atoms with Crippen molar-refractivity contribution in [3.63, 3.8) is 0 Å². The predicted molar refractivity (Wildman–Crippen MR) is 72.3 cm³/mol. The second kappa shape index (κ2) is 5.32. The number of hydrogen-bond acceptors (Lipinski definition) is 5. The van der Waals surface area contributed by atoms with Crippen molar-refractivity contribution < 1.29 is 4.92 Å². The number of aryl methyl sites for hydroxylation is 1. The van der Waals surface area contributed by atoms with Crippen molar-refractivity contribution in [1.82, 2.24) is 4.98 Å². The summed E-state index contributed by atoms with van der Waals surface area (Å²) < 4.78 is 0. The minimum absolute atomic E-state index is 0.151. The lowest BCUT2D eigenvalue weighted by atomic mass is 10.3. The van der Waals surface area contributed by atoms with E-state index >= 15 is 0 Å². The molecule has 0 saturated heterocycles. The van der Waals surface area contributed by atoms with Crippen LogP contribution in [0.25, 0.3) is 0 Å². The van der Waals surface area contributed by atoms with E-state index in [9.17, 15) is 10.1 Å². The van der Waals surface area contributed by atoms with Gasteiger partial charge in [0, 0.05) is 18.0 Å². The largest absolute Gasteiger partial charge is 0.379 e. The summed E-state index contributed by atoms with van der Waals surface area (Å²) in [4.78, 5) is 14.3. The molecule has 18 heavy (non-hydrogen) atoms. The molecule has 2 heterocycles. The van der Waals surface area contributed by atoms with Gasteiger partial charge < -0.3 is 5.32 Å². The Balaban J connectivity index is 2.04. The Hall–Kier alpha value is -1.66. The van der Waals surface area contributed by atoms with Gasteiger partial charge in [-0.2, -0.15) is 0 Å². The molecule has 0 aromatic carbocycles. The molecular weight excluding hydrogens is 274 g/mol. The number of hydrogen-bond donors (Lipinski definition) is 1. The number of thiophene rings is 1. The molecule has 0 spiro atoms. The normalized spacial score (nSPS) is 10.3. The maximum absolute atomic E-state index is 10.6. The second-order valence-electron chi connectivity index (χ2n) is 3.67. The van der Waals surface area contributed by atoms with Crippen molar-refractivity contribution in [1.29, 1.82) is 0 Å². The van der Waals surface area contributed by atoms with Crippen LogP contribution in [0.15, 0.2) is 23.6 Å². The zero-order valence-corrected chi connectivity index (χ0v) is 11.1. The molecule has 0 aliphatic heterocycles. The number of pyridine rings is 1. The van der Waals surface area contributed by atoms with E-state index < -0.39 is 0 Å². The predicted octanol–water partition coefficient (Wildman–Crippen LogP) is 3.63. The summed E-state index contributed by atoms with van der Waals surface area (Å²) in [5.74, 6) is 0. The van der Waals surface area contributed by atoms with Gasteiger partial charge in [-0.1, -0.05) is 22.9 Å². The molecule has 0 saturated carbocycles. The molecule has 2 aromatic heterocycles. The van der Waals surface area contributed by atoms with Crippen LogP contribution in [0.4, 0.5) is 10.7 Å². The summed E-state index contributed by atoms with van der Waals surface area (Å²) >= 11 is 6.88. The smallest absolute Gasteiger partial charge is 0.324 e. The lowest BCUT2D eigenvalue weighted by Gasteiger charge is -2.07. The maximum atomic E-state index is 10.6. The van der Waals surface area contributed by atoms with Gasteiger partial charge in [0.25, 0.3) is 0 Å². The van der Waals surface area contributed by atoms with Gasteiger partial charge >= 0.3 is 5.00 Å². The summed E-state index contributed by atoms with van der Waals surface area (Å²) in [5, 5.41) is 16.1. The van der Waals surface area contributed by atoms with Crippen molar-refractivity contribution in [3.8, 4) is 0 Å². The maximum Gasteiger partial charge on any atom is 0.324 e. The topological polar surface area (TPSA) is 68.1 Å². The number of nitrogens with one attached hydrogen (secondary N) is 1. The number of nitrogens with zero attached hydrogens (tertiary/aromatic N) is 2. The first-order valence-corrected chi connectivity index (χ1v) is 6.41. The molecule has 2 rings (SSSR count). The van der Waals surface area contributed by atoms with Crippen molar-refractivity contribution in [2.24, 2.45) is 0 Å². The highest BCUT2D eigenvalue weighted by Gasteiger charge is 2.09. The fourth-order valence-corrected chi connectivity index (χ4v) is 2.38. The molecule has 0 fully saturated rings. The Bertz CT molecular complexity index is 585. The van der Waals surface area contributed by atoms with E-state index in [-0.39, 0.29) is 9.92 Å². The van der Waals surface area contributed by atoms with Crippen molar-refractivity contribution >= 4 is 33.6 Å². The fraction of sp³-hybridized carbons (Fsp3) is 0.182. The molecular formula is C11H10ClN3O2S. The van der Waals surface area contributed by atoms with Gasteiger partial charge in [-0.3, -0.25) is 10.1 Å². The highest BCUT2D eigenvalue weighted by Crippen LogP contribution is 2.24. The summed E-state index contributed by atoms with van der Waals surface area (Å²) in [5.41, 5.74) is 2.54. The Morgan fingerprint density at radius 2 is 2.33 bits per heavy atom. The van der Waals surface area contributed by atoms with Crippen LogP contribution in [-0.2, 0) is 6.54 Å². The zero-order chi connectivity index (χ0) is 13.1. The lowest BCUT2D eigenvalue weighted by molar-refractivity contribution is -0.380. The van der Waals surface area contributed by atoms with Crippen molar-refractivity contribution in [3.05, 3.63) is 50.1 Å². The minimum atomic E-state index is -0.386. The molecule has 94 valence electrons. The van der Waals surface area contributed by atoms with Crippen LogP contribution in [0.2, 0.25) is 5.15 Å². The van der Waals surface area contributed by atoms with Gasteiger partial charge in [0.1, 0.15) is 5.15 Å². The van der Waals surface area contributed by atoms with Crippen LogP contribution < -0.4 is 5.32 Å². The van der Waals surface area contributed by atoms with E-state index in [4.69, 9.17) is 11.6 Å². The number of rotatable bonds is 4. The summed E-state index contributed by atoms with van der Waals surface area (Å²) in [6.07, 6.45) is 0. The van der Waals surface area contributed by atoms with Crippen LogP contribution in [0.5, 0.6) is 0 Å². The molecule has 5 nitrogen and oxygen atoms in total. The van der Waals surface area contributed by atoms with Crippen LogP contribution >= 0.6 is 22.9 Å². The van der Waals surface area contributed by atoms with E-state index in [0.717, 1.165) is 28.3 Å². The highest BCUT2D eigenvalue weighted by molar-refractivity contribution is 7.13. The summed E-state index contributed by atoms with van der Waals surface area (Å²) in [6, 6.07) is 5.11. The molecule has 0 unspecified atom stereocenters. The van der Waals surface area contributed by atoms with Gasteiger partial charge in [0.15, 0.2) is 0 Å². The van der Waals surface area contributed by atoms with E-state index in [1.54, 1.807) is 17.5 Å². The fourth-order valence-electron chi connectivity index (χ4n) is 1.47. The van der Waals surface area contributed by atoms with Crippen molar-refractivity contribution in [2.45, 2.75) is 13.5 Å². The van der Waals surface area contributed by atoms with E-state index in [1.165, 1.54) is 0 Å². The first-order chi connectivity index (χ1) is 8.56. The van der Waals surface area contributed by atoms with E-state index in [0.29, 0.717) is 11.7 Å². The van der Waals surface area contributed by atoms with E-state index in [2.05, 4.69) is 10.3 Å². The first-order valence-electron chi connectivity index (χ1n) is 5.15. The van der Waals surface area contributed by atoms with Gasteiger partial charge in [-0.05, 0) is 24.6 Å². The average Bonchev–Trinajstić information content (AvgIpc) is 2.76. The zero-order valence-electron chi connectivity index (χ0n) is 9.51. The Morgan fingerprint density at radius 1 is 1.56 bits per heavy atom. The Labute approximate surface area is 113 Å². The third kappa shape index (κ3) is 2.96. The highest BCUT2D eigenvalue weighted by atomic mass is 35.5. The molecule has 0 atom stereocenters. The van der Waals surface area contributed by atoms with Gasteiger partial charge in [-0.25, -0.2) is 4.98 Å². The third-order valence-electron chi connectivity index (χ3n) is 2.35. The van der Waals surface area contributed by atoms with Crippen LogP contribution in [0.3, 0.4) is 0 Å². The minimum Gasteiger partial charge on any atom is -0.379 e. The molecule has 7 heteroatoms. The third-order valence-corrected chi connectivity index (χ3v) is 3.49. The summed E-state index contributed by atoms with van der Waals surface area (Å²) in [6.45, 7) is 2.37. The second-order valence-corrected chi connectivity index (χ2v) is 4.95. The quantitative estimate of drug-likeness (QED) is 0.528.